The minimum Gasteiger partial charge on any atom is -0.480 e. The van der Waals surface area contributed by atoms with Gasteiger partial charge in [0.1, 0.15) is 25.4 Å². The number of esters is 3. The molecule has 0 bridgehead atoms. The van der Waals surface area contributed by atoms with E-state index in [2.05, 4.69) is 10.6 Å². The minimum absolute atomic E-state index is 0.0722. The number of benzene rings is 2. The summed E-state index contributed by atoms with van der Waals surface area (Å²) in [6, 6.07) is 12.4. The van der Waals surface area contributed by atoms with Crippen LogP contribution < -0.4 is 10.6 Å². The number of ether oxygens (including phenoxy) is 6. The van der Waals surface area contributed by atoms with Gasteiger partial charge in [0.25, 0.3) is 0 Å². The van der Waals surface area contributed by atoms with Crippen LogP contribution in [0.5, 0.6) is 0 Å². The van der Waals surface area contributed by atoms with E-state index in [9.17, 15) is 33.9 Å². The molecule has 7 atom stereocenters. The van der Waals surface area contributed by atoms with Gasteiger partial charge in [0.05, 0.1) is 6.10 Å². The van der Waals surface area contributed by atoms with Gasteiger partial charge >= 0.3 is 30.0 Å². The van der Waals surface area contributed by atoms with Gasteiger partial charge in [-0.25, -0.2) is 9.59 Å². The van der Waals surface area contributed by atoms with Crippen molar-refractivity contribution < 1.29 is 62.3 Å². The van der Waals surface area contributed by atoms with Crippen molar-refractivity contribution in [1.82, 2.24) is 10.6 Å². The lowest BCUT2D eigenvalue weighted by atomic mass is 9.95. The zero-order valence-electron chi connectivity index (χ0n) is 27.0. The molecule has 0 aromatic heterocycles. The van der Waals surface area contributed by atoms with E-state index in [-0.39, 0.29) is 12.5 Å². The lowest BCUT2D eigenvalue weighted by Crippen LogP contribution is -2.67. The number of hydrogen-bond acceptors (Lipinski definition) is 12. The molecule has 4 rings (SSSR count). The molecule has 2 aromatic rings. The van der Waals surface area contributed by atoms with Crippen LogP contribution in [0.1, 0.15) is 51.7 Å². The summed E-state index contributed by atoms with van der Waals surface area (Å²) < 4.78 is 33.2. The summed E-state index contributed by atoms with van der Waals surface area (Å²) in [6.07, 6.45) is -7.98. The molecule has 1 fully saturated rings. The molecule has 1 saturated heterocycles. The normalized spacial score (nSPS) is 22.6. The van der Waals surface area contributed by atoms with Crippen molar-refractivity contribution in [2.45, 2.75) is 83.3 Å². The minimum atomic E-state index is -1.69. The third-order valence-electron chi connectivity index (χ3n) is 7.77. The van der Waals surface area contributed by atoms with Gasteiger partial charge in [-0.05, 0) is 29.2 Å². The number of carboxylic acid groups (broad SMARTS) is 1. The zero-order chi connectivity index (χ0) is 35.1. The summed E-state index contributed by atoms with van der Waals surface area (Å²) in [6.45, 7) is 5.26. The van der Waals surface area contributed by atoms with Crippen molar-refractivity contribution in [3.05, 3.63) is 59.7 Å². The van der Waals surface area contributed by atoms with Crippen molar-refractivity contribution in [3.8, 4) is 11.1 Å². The third-order valence-corrected chi connectivity index (χ3v) is 7.77. The molecule has 1 aliphatic carbocycles. The summed E-state index contributed by atoms with van der Waals surface area (Å²) in [4.78, 5) is 73.2. The smallest absolute Gasteiger partial charge is 0.407 e. The summed E-state index contributed by atoms with van der Waals surface area (Å²) in [5.41, 5.74) is 3.97. The van der Waals surface area contributed by atoms with E-state index in [4.69, 9.17) is 28.4 Å². The highest BCUT2D eigenvalue weighted by Crippen LogP contribution is 2.44. The second kappa shape index (κ2) is 15.7. The van der Waals surface area contributed by atoms with Gasteiger partial charge < -0.3 is 44.2 Å². The number of carbonyl (C=O) groups excluding carboxylic acids is 5. The Morgan fingerprint density at radius 1 is 0.792 bits per heavy atom. The van der Waals surface area contributed by atoms with E-state index in [0.717, 1.165) is 49.9 Å². The number of nitrogens with one attached hydrogen (secondary N) is 2. The fraction of sp³-hybridized carbons (Fsp3) is 0.455. The first-order valence-corrected chi connectivity index (χ1v) is 15.2. The van der Waals surface area contributed by atoms with Crippen LogP contribution in [0.3, 0.4) is 0 Å². The molecule has 0 radical (unpaired) electrons. The predicted molar refractivity (Wildman–Crippen MR) is 164 cm³/mol. The second-order valence-corrected chi connectivity index (χ2v) is 11.3. The summed E-state index contributed by atoms with van der Waals surface area (Å²) in [5.74, 6) is -4.67. The number of rotatable bonds is 12. The number of fused-ring (bicyclic) bond motifs is 3. The average Bonchev–Trinajstić information content (AvgIpc) is 3.33. The van der Waals surface area contributed by atoms with Gasteiger partial charge in [-0.2, -0.15) is 0 Å². The number of carboxylic acids is 1. The monoisotopic (exact) mass is 670 g/mol. The molecule has 2 amide bonds. The van der Waals surface area contributed by atoms with Gasteiger partial charge in [0, 0.05) is 33.6 Å². The van der Waals surface area contributed by atoms with Crippen LogP contribution in [0.2, 0.25) is 0 Å². The molecule has 2 aromatic carbocycles. The fourth-order valence-corrected chi connectivity index (χ4v) is 5.84. The summed E-state index contributed by atoms with van der Waals surface area (Å²) in [5, 5.41) is 14.9. The van der Waals surface area contributed by atoms with Crippen LogP contribution in [0.25, 0.3) is 11.1 Å². The lowest BCUT2D eigenvalue weighted by molar-refractivity contribution is -0.287. The maximum atomic E-state index is 13.0. The molecule has 48 heavy (non-hydrogen) atoms. The van der Waals surface area contributed by atoms with Gasteiger partial charge in [0.15, 0.2) is 24.5 Å². The van der Waals surface area contributed by atoms with Crippen LogP contribution in [0.15, 0.2) is 48.5 Å². The molecule has 1 aliphatic heterocycles. The van der Waals surface area contributed by atoms with E-state index in [1.165, 1.54) is 6.92 Å². The zero-order valence-corrected chi connectivity index (χ0v) is 27.0. The van der Waals surface area contributed by atoms with Gasteiger partial charge in [-0.1, -0.05) is 48.5 Å². The first-order valence-electron chi connectivity index (χ1n) is 15.2. The maximum absolute atomic E-state index is 13.0. The molecular weight excluding hydrogens is 632 g/mol. The van der Waals surface area contributed by atoms with Crippen LogP contribution in [0, 0.1) is 0 Å². The summed E-state index contributed by atoms with van der Waals surface area (Å²) >= 11 is 0. The standard InChI is InChI=1S/C33H38N2O13/c1-16(27(31(40)41)35-33(42)44-14-25-23-12-8-6-10-21(23)22-11-7-9-13-24(22)25)45-32-28(34-17(2)36)30(47-20(5)39)29(46-19(4)38)26(48-32)15-43-18(3)37/h6-13,16,25-30,32H,14-15H2,1-5H3,(H,34,36)(H,35,42)(H,40,41)/t16-,26?,27+,28?,29+,30?,32-/m1/s1. The fourth-order valence-electron chi connectivity index (χ4n) is 5.84. The Labute approximate surface area is 276 Å². The SMILES string of the molecule is CC(=O)NC1C(OC(C)=O)[C@@H](OC(C)=O)C(COC(C)=O)O[C@H]1O[C@H](C)[C@H](NC(=O)OCC1c2ccccc2-c2ccccc21)C(=O)O. The first kappa shape index (κ1) is 35.8. The van der Waals surface area contributed by atoms with Crippen molar-refractivity contribution in [2.24, 2.45) is 0 Å². The lowest BCUT2D eigenvalue weighted by Gasteiger charge is -2.45. The number of amides is 2. The van der Waals surface area contributed by atoms with E-state index in [1.54, 1.807) is 0 Å². The predicted octanol–water partition coefficient (Wildman–Crippen LogP) is 2.04. The molecule has 3 N–H and O–H groups in total. The van der Waals surface area contributed by atoms with E-state index in [1.807, 2.05) is 48.5 Å². The molecule has 0 saturated carbocycles. The largest absolute Gasteiger partial charge is 0.480 e. The summed E-state index contributed by atoms with van der Waals surface area (Å²) in [7, 11) is 0. The Hall–Kier alpha value is -5.02. The van der Waals surface area contributed by atoms with E-state index in [0.29, 0.717) is 0 Å². The number of alkyl carbamates (subject to hydrolysis) is 1. The second-order valence-electron chi connectivity index (χ2n) is 11.3. The molecular formula is C33H38N2O13. The highest BCUT2D eigenvalue weighted by molar-refractivity contribution is 5.81. The van der Waals surface area contributed by atoms with Crippen molar-refractivity contribution in [3.63, 3.8) is 0 Å². The molecule has 15 heteroatoms. The number of hydrogen-bond donors (Lipinski definition) is 3. The van der Waals surface area contributed by atoms with E-state index >= 15 is 0 Å². The highest BCUT2D eigenvalue weighted by atomic mass is 16.7. The first-order chi connectivity index (χ1) is 22.8. The van der Waals surface area contributed by atoms with Crippen LogP contribution in [-0.4, -0.2) is 97.0 Å². The van der Waals surface area contributed by atoms with Gasteiger partial charge in [0.2, 0.25) is 5.91 Å². The van der Waals surface area contributed by atoms with Crippen molar-refractivity contribution in [2.75, 3.05) is 13.2 Å². The Morgan fingerprint density at radius 3 is 1.88 bits per heavy atom. The topological polar surface area (TPSA) is 202 Å². The van der Waals surface area contributed by atoms with Gasteiger partial charge in [-0.15, -0.1) is 0 Å². The highest BCUT2D eigenvalue weighted by Gasteiger charge is 2.52. The number of carbonyl (C=O) groups is 6. The maximum Gasteiger partial charge on any atom is 0.407 e. The molecule has 15 nitrogen and oxygen atoms in total. The molecule has 258 valence electrons. The van der Waals surface area contributed by atoms with Crippen molar-refractivity contribution in [1.29, 1.82) is 0 Å². The number of aliphatic carboxylic acids is 1. The van der Waals surface area contributed by atoms with Crippen LogP contribution in [0.4, 0.5) is 4.79 Å². The van der Waals surface area contributed by atoms with Crippen molar-refractivity contribution >= 4 is 35.9 Å². The third kappa shape index (κ3) is 8.66. The van der Waals surface area contributed by atoms with Gasteiger partial charge in [-0.3, -0.25) is 19.2 Å². The Kier molecular flexibility index (Phi) is 11.7. The van der Waals surface area contributed by atoms with Crippen LogP contribution in [-0.2, 0) is 52.4 Å². The Morgan fingerprint density at radius 2 is 1.35 bits per heavy atom. The average molecular weight is 671 g/mol. The molecule has 3 unspecified atom stereocenters. The van der Waals surface area contributed by atoms with Crippen LogP contribution >= 0.6 is 0 Å². The molecule has 1 heterocycles. The molecule has 0 spiro atoms. The molecule has 2 aliphatic rings. The quantitative estimate of drug-likeness (QED) is 0.219. The Balaban J connectivity index is 1.52. The van der Waals surface area contributed by atoms with E-state index < -0.39 is 85.3 Å². The Bertz CT molecular complexity index is 1500.